The van der Waals surface area contributed by atoms with Gasteiger partial charge in [-0.05, 0) is 48.0 Å². The van der Waals surface area contributed by atoms with Crippen molar-refractivity contribution in [1.29, 1.82) is 0 Å². The van der Waals surface area contributed by atoms with Crippen LogP contribution in [-0.2, 0) is 0 Å². The minimum atomic E-state index is 0.922. The highest BCUT2D eigenvalue weighted by Crippen LogP contribution is 2.12. The molecule has 0 radical (unpaired) electrons. The molecule has 0 saturated carbocycles. The lowest BCUT2D eigenvalue weighted by Gasteiger charge is -2.03. The zero-order valence-corrected chi connectivity index (χ0v) is 10.7. The zero-order chi connectivity index (χ0) is 13.6. The van der Waals surface area contributed by atoms with Gasteiger partial charge >= 0.3 is 0 Å². The van der Waals surface area contributed by atoms with Crippen LogP contribution in [0.2, 0.25) is 0 Å². The first kappa shape index (κ1) is 12.1. The zero-order valence-electron chi connectivity index (χ0n) is 10.7. The molecular formula is C15H13N5. The predicted octanol–water partition coefficient (Wildman–Crippen LogP) is 2.71. The maximum Gasteiger partial charge on any atom is 0.0647 e. The first-order valence-electron chi connectivity index (χ1n) is 6.21. The molecule has 0 aliphatic rings. The van der Waals surface area contributed by atoms with E-state index in [1.165, 1.54) is 0 Å². The van der Waals surface area contributed by atoms with Gasteiger partial charge < -0.3 is 0 Å². The molecule has 5 heteroatoms. The van der Waals surface area contributed by atoms with Crippen molar-refractivity contribution in [3.8, 4) is 5.69 Å². The molecular weight excluding hydrogens is 250 g/mol. The number of hydrogen-bond donors (Lipinski definition) is 1. The molecule has 0 bridgehead atoms. The second-order valence-electron chi connectivity index (χ2n) is 4.15. The van der Waals surface area contributed by atoms with Crippen LogP contribution in [0.3, 0.4) is 0 Å². The van der Waals surface area contributed by atoms with Crippen LogP contribution < -0.4 is 5.43 Å². The van der Waals surface area contributed by atoms with E-state index in [-0.39, 0.29) is 0 Å². The summed E-state index contributed by atoms with van der Waals surface area (Å²) in [4.78, 5) is 3.96. The van der Waals surface area contributed by atoms with E-state index in [0.29, 0.717) is 0 Å². The second-order valence-corrected chi connectivity index (χ2v) is 4.15. The third kappa shape index (κ3) is 2.89. The minimum absolute atomic E-state index is 0.922. The van der Waals surface area contributed by atoms with Crippen LogP contribution >= 0.6 is 0 Å². The Kier molecular flexibility index (Phi) is 3.51. The maximum absolute atomic E-state index is 4.18. The van der Waals surface area contributed by atoms with E-state index in [2.05, 4.69) is 20.6 Å². The first-order valence-corrected chi connectivity index (χ1v) is 6.21. The van der Waals surface area contributed by atoms with E-state index in [1.54, 1.807) is 24.8 Å². The number of benzene rings is 1. The van der Waals surface area contributed by atoms with Crippen LogP contribution in [0.15, 0.2) is 72.4 Å². The standard InChI is InChI=1S/C15H13N5/c1-8-18-20(11-1)15-4-2-14(3-5-15)19-17-12-13-6-9-16-10-7-13/h1-12,19H. The van der Waals surface area contributed by atoms with Crippen molar-refractivity contribution in [1.82, 2.24) is 14.8 Å². The lowest BCUT2D eigenvalue weighted by atomic mass is 10.3. The number of aromatic nitrogens is 3. The second kappa shape index (κ2) is 5.79. The molecule has 5 nitrogen and oxygen atoms in total. The number of nitrogens with zero attached hydrogens (tertiary/aromatic N) is 4. The number of hydrazone groups is 1. The molecule has 0 saturated heterocycles. The normalized spacial score (nSPS) is 10.8. The number of pyridine rings is 1. The third-order valence-electron chi connectivity index (χ3n) is 2.75. The van der Waals surface area contributed by atoms with Crippen LogP contribution in [0.4, 0.5) is 5.69 Å². The average molecular weight is 263 g/mol. The van der Waals surface area contributed by atoms with Crippen molar-refractivity contribution in [2.75, 3.05) is 5.43 Å². The molecule has 0 aliphatic carbocycles. The van der Waals surface area contributed by atoms with Gasteiger partial charge in [0.25, 0.3) is 0 Å². The van der Waals surface area contributed by atoms with Crippen molar-refractivity contribution >= 4 is 11.9 Å². The quantitative estimate of drug-likeness (QED) is 0.581. The summed E-state index contributed by atoms with van der Waals surface area (Å²) in [6.07, 6.45) is 8.89. The van der Waals surface area contributed by atoms with E-state index in [9.17, 15) is 0 Å². The fourth-order valence-electron chi connectivity index (χ4n) is 1.74. The summed E-state index contributed by atoms with van der Waals surface area (Å²) in [6, 6.07) is 13.6. The van der Waals surface area contributed by atoms with Gasteiger partial charge in [0.05, 0.1) is 17.6 Å². The molecule has 0 amide bonds. The number of hydrogen-bond acceptors (Lipinski definition) is 4. The van der Waals surface area contributed by atoms with Crippen molar-refractivity contribution in [3.63, 3.8) is 0 Å². The molecule has 1 N–H and O–H groups in total. The Morgan fingerprint density at radius 2 is 1.80 bits per heavy atom. The Morgan fingerprint density at radius 1 is 1.00 bits per heavy atom. The van der Waals surface area contributed by atoms with Gasteiger partial charge in [0.1, 0.15) is 0 Å². The van der Waals surface area contributed by atoms with E-state index in [0.717, 1.165) is 16.9 Å². The number of rotatable bonds is 4. The number of anilines is 1. The van der Waals surface area contributed by atoms with Gasteiger partial charge in [0.15, 0.2) is 0 Å². The average Bonchev–Trinajstić information content (AvgIpc) is 3.03. The molecule has 0 spiro atoms. The summed E-state index contributed by atoms with van der Waals surface area (Å²) in [7, 11) is 0. The molecule has 2 heterocycles. The summed E-state index contributed by atoms with van der Waals surface area (Å²) in [5.74, 6) is 0. The van der Waals surface area contributed by atoms with Gasteiger partial charge in [-0.2, -0.15) is 10.2 Å². The molecule has 20 heavy (non-hydrogen) atoms. The Labute approximate surface area is 116 Å². The van der Waals surface area contributed by atoms with E-state index >= 15 is 0 Å². The number of nitrogens with one attached hydrogen (secondary N) is 1. The monoisotopic (exact) mass is 263 g/mol. The van der Waals surface area contributed by atoms with Crippen molar-refractivity contribution in [2.24, 2.45) is 5.10 Å². The van der Waals surface area contributed by atoms with E-state index in [4.69, 9.17) is 0 Å². The Bertz CT molecular complexity index is 672. The van der Waals surface area contributed by atoms with Crippen LogP contribution in [0.5, 0.6) is 0 Å². The van der Waals surface area contributed by atoms with Crippen LogP contribution in [-0.4, -0.2) is 21.0 Å². The Balaban J connectivity index is 1.65. The molecule has 0 aliphatic heterocycles. The highest BCUT2D eigenvalue weighted by Gasteiger charge is 1.95. The van der Waals surface area contributed by atoms with E-state index < -0.39 is 0 Å². The van der Waals surface area contributed by atoms with Crippen molar-refractivity contribution in [2.45, 2.75) is 0 Å². The molecule has 3 aromatic rings. The molecule has 0 fully saturated rings. The van der Waals surface area contributed by atoms with E-state index in [1.807, 2.05) is 53.3 Å². The summed E-state index contributed by atoms with van der Waals surface area (Å²) in [5, 5.41) is 8.36. The highest BCUT2D eigenvalue weighted by atomic mass is 15.3. The molecule has 2 aromatic heterocycles. The van der Waals surface area contributed by atoms with Gasteiger partial charge in [-0.1, -0.05) is 0 Å². The largest absolute Gasteiger partial charge is 0.279 e. The van der Waals surface area contributed by atoms with Gasteiger partial charge in [0, 0.05) is 24.8 Å². The summed E-state index contributed by atoms with van der Waals surface area (Å²) < 4.78 is 1.81. The lowest BCUT2D eigenvalue weighted by Crippen LogP contribution is -1.95. The lowest BCUT2D eigenvalue weighted by molar-refractivity contribution is 0.880. The fraction of sp³-hybridized carbons (Fsp3) is 0. The summed E-state index contributed by atoms with van der Waals surface area (Å²) >= 11 is 0. The molecule has 3 rings (SSSR count). The fourth-order valence-corrected chi connectivity index (χ4v) is 1.74. The van der Waals surface area contributed by atoms with Crippen molar-refractivity contribution in [3.05, 3.63) is 72.8 Å². The molecule has 0 atom stereocenters. The smallest absolute Gasteiger partial charge is 0.0647 e. The summed E-state index contributed by atoms with van der Waals surface area (Å²) in [6.45, 7) is 0. The molecule has 1 aromatic carbocycles. The Hall–Kier alpha value is -2.95. The van der Waals surface area contributed by atoms with Gasteiger partial charge in [-0.3, -0.25) is 10.4 Å². The van der Waals surface area contributed by atoms with Crippen LogP contribution in [0, 0.1) is 0 Å². The van der Waals surface area contributed by atoms with Gasteiger partial charge in [-0.15, -0.1) is 0 Å². The highest BCUT2D eigenvalue weighted by molar-refractivity contribution is 5.79. The first-order chi connectivity index (χ1) is 9.92. The third-order valence-corrected chi connectivity index (χ3v) is 2.75. The topological polar surface area (TPSA) is 55.1 Å². The SMILES string of the molecule is C(=NNc1ccc(-n2cccn2)cc1)c1ccncc1. The van der Waals surface area contributed by atoms with Gasteiger partial charge in [0.2, 0.25) is 0 Å². The Morgan fingerprint density at radius 3 is 2.50 bits per heavy atom. The van der Waals surface area contributed by atoms with Crippen LogP contribution in [0.25, 0.3) is 5.69 Å². The molecule has 98 valence electrons. The summed E-state index contributed by atoms with van der Waals surface area (Å²) in [5.41, 5.74) is 5.92. The van der Waals surface area contributed by atoms with Crippen molar-refractivity contribution < 1.29 is 0 Å². The van der Waals surface area contributed by atoms with Crippen LogP contribution in [0.1, 0.15) is 5.56 Å². The predicted molar refractivity (Wildman–Crippen MR) is 79.0 cm³/mol. The molecule has 0 unspecified atom stereocenters. The maximum atomic E-state index is 4.18. The minimum Gasteiger partial charge on any atom is -0.279 e. The van der Waals surface area contributed by atoms with Gasteiger partial charge in [-0.25, -0.2) is 4.68 Å².